The van der Waals surface area contributed by atoms with Gasteiger partial charge in [0.1, 0.15) is 5.75 Å². The van der Waals surface area contributed by atoms with E-state index in [1.54, 1.807) is 0 Å². The molecule has 0 aliphatic heterocycles. The van der Waals surface area contributed by atoms with Crippen LogP contribution in [0.5, 0.6) is 5.75 Å². The van der Waals surface area contributed by atoms with Crippen LogP contribution in [0.3, 0.4) is 0 Å². The van der Waals surface area contributed by atoms with Gasteiger partial charge >= 0.3 is 0 Å². The molecule has 2 aromatic carbocycles. The molecule has 0 radical (unpaired) electrons. The fraction of sp³-hybridized carbons (Fsp3) is 0.318. The molecule has 10 heteroatoms. The summed E-state index contributed by atoms with van der Waals surface area (Å²) in [6.45, 7) is 0. The zero-order valence-corrected chi connectivity index (χ0v) is 20.4. The summed E-state index contributed by atoms with van der Waals surface area (Å²) in [7, 11) is 1.87. The minimum atomic E-state index is -0.242. The third kappa shape index (κ3) is 5.52. The molecule has 1 N–H and O–H groups in total. The number of nitrogens with one attached hydrogen (secondary N) is 1. The van der Waals surface area contributed by atoms with Gasteiger partial charge in [0.05, 0.1) is 32.6 Å². The molecular formula is C22H21Cl3N4O2S. The largest absolute Gasteiger partial charge is 0.490 e. The first kappa shape index (κ1) is 23.2. The van der Waals surface area contributed by atoms with Crippen molar-refractivity contribution in [2.75, 3.05) is 11.1 Å². The predicted molar refractivity (Wildman–Crippen MR) is 130 cm³/mol. The number of benzene rings is 2. The second-order valence-corrected chi connectivity index (χ2v) is 9.66. The van der Waals surface area contributed by atoms with E-state index < -0.39 is 0 Å². The molecule has 1 aliphatic carbocycles. The number of amides is 1. The Bertz CT molecular complexity index is 1120. The molecule has 4 rings (SSSR count). The molecule has 1 aromatic heterocycles. The monoisotopic (exact) mass is 510 g/mol. The van der Waals surface area contributed by atoms with Crippen molar-refractivity contribution in [3.8, 4) is 17.1 Å². The van der Waals surface area contributed by atoms with Crippen LogP contribution >= 0.6 is 46.6 Å². The number of halogens is 3. The summed E-state index contributed by atoms with van der Waals surface area (Å²) in [6, 6.07) is 10.9. The van der Waals surface area contributed by atoms with Crippen molar-refractivity contribution in [3.05, 3.63) is 51.5 Å². The number of ether oxygens (including phenoxy) is 1. The van der Waals surface area contributed by atoms with E-state index in [9.17, 15) is 4.79 Å². The van der Waals surface area contributed by atoms with Gasteiger partial charge in [-0.15, -0.1) is 10.2 Å². The highest BCUT2D eigenvalue weighted by atomic mass is 35.5. The lowest BCUT2D eigenvalue weighted by Crippen LogP contribution is -2.14. The van der Waals surface area contributed by atoms with E-state index in [1.165, 1.54) is 36.7 Å². The Labute approximate surface area is 205 Å². The van der Waals surface area contributed by atoms with Crippen molar-refractivity contribution in [3.63, 3.8) is 0 Å². The van der Waals surface area contributed by atoms with E-state index in [0.717, 1.165) is 24.2 Å². The van der Waals surface area contributed by atoms with E-state index in [2.05, 4.69) is 15.5 Å². The van der Waals surface area contributed by atoms with Gasteiger partial charge in [-0.25, -0.2) is 0 Å². The maximum Gasteiger partial charge on any atom is 0.234 e. The molecule has 168 valence electrons. The third-order valence-electron chi connectivity index (χ3n) is 5.17. The second kappa shape index (κ2) is 10.3. The molecule has 1 saturated carbocycles. The van der Waals surface area contributed by atoms with Crippen molar-refractivity contribution in [2.24, 2.45) is 7.05 Å². The van der Waals surface area contributed by atoms with Crippen molar-refractivity contribution >= 4 is 58.2 Å². The van der Waals surface area contributed by atoms with E-state index in [-0.39, 0.29) is 11.7 Å². The van der Waals surface area contributed by atoms with Crippen LogP contribution in [-0.2, 0) is 11.8 Å². The topological polar surface area (TPSA) is 69.0 Å². The van der Waals surface area contributed by atoms with E-state index in [0.29, 0.717) is 37.8 Å². The maximum absolute atomic E-state index is 12.4. The van der Waals surface area contributed by atoms with Crippen molar-refractivity contribution < 1.29 is 9.53 Å². The molecule has 6 nitrogen and oxygen atoms in total. The Balaban J connectivity index is 1.36. The summed E-state index contributed by atoms with van der Waals surface area (Å²) >= 11 is 19.3. The van der Waals surface area contributed by atoms with Gasteiger partial charge in [0.2, 0.25) is 5.91 Å². The van der Waals surface area contributed by atoms with Crippen LogP contribution in [0.2, 0.25) is 15.1 Å². The van der Waals surface area contributed by atoms with E-state index >= 15 is 0 Å². The van der Waals surface area contributed by atoms with Gasteiger partial charge in [-0.3, -0.25) is 4.79 Å². The fourth-order valence-corrected chi connectivity index (χ4v) is 4.81. The lowest BCUT2D eigenvalue weighted by molar-refractivity contribution is -0.113. The lowest BCUT2D eigenvalue weighted by atomic mass is 10.2. The molecule has 0 bridgehead atoms. The molecule has 1 heterocycles. The number of aromatic nitrogens is 3. The van der Waals surface area contributed by atoms with Gasteiger partial charge in [-0.2, -0.15) is 0 Å². The van der Waals surface area contributed by atoms with Crippen LogP contribution < -0.4 is 10.1 Å². The van der Waals surface area contributed by atoms with Gasteiger partial charge in [0.25, 0.3) is 0 Å². The Kier molecular flexibility index (Phi) is 7.51. The van der Waals surface area contributed by atoms with E-state index in [1.807, 2.05) is 35.9 Å². The molecule has 0 unspecified atom stereocenters. The Morgan fingerprint density at radius 2 is 1.78 bits per heavy atom. The smallest absolute Gasteiger partial charge is 0.234 e. The number of rotatable bonds is 7. The van der Waals surface area contributed by atoms with Gasteiger partial charge in [-0.1, -0.05) is 46.6 Å². The lowest BCUT2D eigenvalue weighted by Gasteiger charge is -2.13. The first-order chi connectivity index (χ1) is 15.4. The normalized spacial score (nSPS) is 14.0. The van der Waals surface area contributed by atoms with Crippen LogP contribution in [-0.4, -0.2) is 32.5 Å². The zero-order valence-electron chi connectivity index (χ0n) is 17.3. The highest BCUT2D eigenvalue weighted by molar-refractivity contribution is 7.99. The summed E-state index contributed by atoms with van der Waals surface area (Å²) in [5, 5.41) is 12.8. The minimum Gasteiger partial charge on any atom is -0.490 e. The SMILES string of the molecule is Cn1c(SCC(=O)Nc2cc(Cl)c(Cl)cc2Cl)nnc1-c1ccc(OC2CCCC2)cc1. The van der Waals surface area contributed by atoms with Crippen LogP contribution in [0.25, 0.3) is 11.4 Å². The Morgan fingerprint density at radius 3 is 2.50 bits per heavy atom. The summed E-state index contributed by atoms with van der Waals surface area (Å²) < 4.78 is 7.88. The summed E-state index contributed by atoms with van der Waals surface area (Å²) in [6.07, 6.45) is 5.04. The maximum atomic E-state index is 12.4. The van der Waals surface area contributed by atoms with E-state index in [4.69, 9.17) is 39.5 Å². The second-order valence-electron chi connectivity index (χ2n) is 7.50. The van der Waals surface area contributed by atoms with Gasteiger partial charge in [-0.05, 0) is 62.1 Å². The molecule has 1 fully saturated rings. The predicted octanol–water partition coefficient (Wildman–Crippen LogP) is 6.49. The van der Waals surface area contributed by atoms with Gasteiger partial charge in [0, 0.05) is 12.6 Å². The molecule has 0 spiro atoms. The summed E-state index contributed by atoms with van der Waals surface area (Å²) in [5.74, 6) is 1.48. The van der Waals surface area contributed by atoms with Crippen LogP contribution in [0.4, 0.5) is 5.69 Å². The Hall–Kier alpha value is -1.93. The highest BCUT2D eigenvalue weighted by Crippen LogP contribution is 2.32. The minimum absolute atomic E-state index is 0.136. The van der Waals surface area contributed by atoms with Gasteiger partial charge < -0.3 is 14.6 Å². The first-order valence-electron chi connectivity index (χ1n) is 10.1. The molecular weight excluding hydrogens is 491 g/mol. The van der Waals surface area contributed by atoms with Crippen LogP contribution in [0.1, 0.15) is 25.7 Å². The van der Waals surface area contributed by atoms with Crippen LogP contribution in [0, 0.1) is 0 Å². The molecule has 3 aromatic rings. The van der Waals surface area contributed by atoms with Crippen molar-refractivity contribution in [1.29, 1.82) is 0 Å². The highest BCUT2D eigenvalue weighted by Gasteiger charge is 2.17. The zero-order chi connectivity index (χ0) is 22.7. The standard InChI is InChI=1S/C22H21Cl3N4O2S/c1-29-21(13-6-8-15(9-7-13)31-14-4-2-3-5-14)27-28-22(29)32-12-20(30)26-19-11-17(24)16(23)10-18(19)25/h6-11,14H,2-5,12H2,1H3,(H,26,30). The number of hydrogen-bond acceptors (Lipinski definition) is 5. The van der Waals surface area contributed by atoms with Crippen molar-refractivity contribution in [1.82, 2.24) is 14.8 Å². The first-order valence-corrected chi connectivity index (χ1v) is 12.3. The fourth-order valence-electron chi connectivity index (χ4n) is 3.51. The number of carbonyl (C=O) groups excluding carboxylic acids is 1. The number of hydrogen-bond donors (Lipinski definition) is 1. The Morgan fingerprint density at radius 1 is 1.09 bits per heavy atom. The number of anilines is 1. The number of thioether (sulfide) groups is 1. The quantitative estimate of drug-likeness (QED) is 0.290. The third-order valence-corrected chi connectivity index (χ3v) is 7.22. The molecule has 0 atom stereocenters. The molecule has 0 saturated heterocycles. The molecule has 1 amide bonds. The summed E-state index contributed by atoms with van der Waals surface area (Å²) in [4.78, 5) is 12.4. The van der Waals surface area contributed by atoms with Crippen molar-refractivity contribution in [2.45, 2.75) is 36.9 Å². The van der Waals surface area contributed by atoms with Crippen LogP contribution in [0.15, 0.2) is 41.6 Å². The average Bonchev–Trinajstić information content (AvgIpc) is 3.41. The van der Waals surface area contributed by atoms with Gasteiger partial charge in [0.15, 0.2) is 11.0 Å². The average molecular weight is 512 g/mol. The molecule has 1 aliphatic rings. The molecule has 32 heavy (non-hydrogen) atoms. The number of carbonyl (C=O) groups is 1. The summed E-state index contributed by atoms with van der Waals surface area (Å²) in [5.41, 5.74) is 1.34. The number of nitrogens with zero attached hydrogens (tertiary/aromatic N) is 3.